The predicted octanol–water partition coefficient (Wildman–Crippen LogP) is 19.2. The molecule has 0 saturated heterocycles. The van der Waals surface area contributed by atoms with Crippen LogP contribution in [-0.2, 0) is 65.4 Å². The van der Waals surface area contributed by atoms with E-state index in [9.17, 15) is 43.2 Å². The van der Waals surface area contributed by atoms with Crippen molar-refractivity contribution in [3.05, 3.63) is 24.3 Å². The lowest BCUT2D eigenvalue weighted by atomic mass is 10.0. The predicted molar refractivity (Wildman–Crippen MR) is 354 cm³/mol. The van der Waals surface area contributed by atoms with Gasteiger partial charge in [0, 0.05) is 25.7 Å². The summed E-state index contributed by atoms with van der Waals surface area (Å²) in [6.07, 6.45) is 48.0. The van der Waals surface area contributed by atoms with E-state index in [2.05, 4.69) is 65.8 Å². The molecule has 0 aliphatic heterocycles. The highest BCUT2D eigenvalue weighted by Crippen LogP contribution is 2.45. The van der Waals surface area contributed by atoms with E-state index in [-0.39, 0.29) is 25.7 Å². The molecule has 518 valence electrons. The average Bonchev–Trinajstić information content (AvgIpc) is 3.70. The lowest BCUT2D eigenvalue weighted by molar-refractivity contribution is -0.161. The molecule has 88 heavy (non-hydrogen) atoms. The molecule has 0 aromatic carbocycles. The fraction of sp³-hybridized carbons (Fsp3) is 0.884. The lowest BCUT2D eigenvalue weighted by Gasteiger charge is -2.21. The Morgan fingerprint density at radius 1 is 0.352 bits per heavy atom. The molecule has 17 nitrogen and oxygen atoms in total. The molecule has 19 heteroatoms. The fourth-order valence-electron chi connectivity index (χ4n) is 9.87. The molecule has 0 aliphatic rings. The molecular weight excluding hydrogens is 1160 g/mol. The van der Waals surface area contributed by atoms with Crippen molar-refractivity contribution < 1.29 is 80.2 Å². The first-order chi connectivity index (χ1) is 42.4. The molecule has 0 saturated carbocycles. The minimum absolute atomic E-state index is 0.0845. The standard InChI is InChI=1S/C69H130O17P2/c1-7-9-11-13-15-17-18-19-20-21-22-28-35-41-47-53-68(73)85-64(58-80-67(72)52-46-40-34-27-24-23-26-31-37-43-49-61(3)4)59-83-87(75,76)81-55-63(70)56-82-88(77,78)84-60-65(57-79-66(71)51-45-39-33-25-16-14-12-10-8-2)86-69(74)54-48-42-36-30-29-32-38-44-50-62(5)6/h17-20,61-65,70H,7-16,21-60H2,1-6H3,(H,75,76)(H,77,78)/b18-17-,20-19-/t63-,64-,65-/m1/s1. The highest BCUT2D eigenvalue weighted by atomic mass is 31.2. The van der Waals surface area contributed by atoms with E-state index in [1.165, 1.54) is 128 Å². The quantitative estimate of drug-likeness (QED) is 0.0169. The maximum atomic E-state index is 13.0. The number of phosphoric acid groups is 2. The van der Waals surface area contributed by atoms with E-state index in [1.807, 2.05) is 0 Å². The number of unbranched alkanes of at least 4 members (excludes halogenated alkanes) is 33. The topological polar surface area (TPSA) is 237 Å². The molecule has 0 bridgehead atoms. The van der Waals surface area contributed by atoms with Crippen LogP contribution in [0.25, 0.3) is 0 Å². The van der Waals surface area contributed by atoms with Crippen LogP contribution in [-0.4, -0.2) is 96.7 Å². The Bertz CT molecular complexity index is 1810. The van der Waals surface area contributed by atoms with Crippen molar-refractivity contribution >= 4 is 39.5 Å². The van der Waals surface area contributed by atoms with Crippen LogP contribution in [0.3, 0.4) is 0 Å². The number of ether oxygens (including phenoxy) is 4. The van der Waals surface area contributed by atoms with E-state index >= 15 is 0 Å². The molecule has 0 aromatic heterocycles. The SMILES string of the molecule is CCCCCC/C=C\C=C/CCCCCCCC(=O)O[C@H](COC(=O)CCCCCCCCCCCCC(C)C)COP(=O)(O)OC[C@@H](O)COP(=O)(O)OC[C@@H](COC(=O)CCCCCCCCCCC)OC(=O)CCCCCCCCCCC(C)C. The van der Waals surface area contributed by atoms with Crippen LogP contribution in [0.15, 0.2) is 24.3 Å². The monoisotopic (exact) mass is 1290 g/mol. The Morgan fingerprint density at radius 2 is 0.614 bits per heavy atom. The molecule has 0 heterocycles. The summed E-state index contributed by atoms with van der Waals surface area (Å²) in [7, 11) is -9.91. The van der Waals surface area contributed by atoms with Gasteiger partial charge in [-0.2, -0.15) is 0 Å². The fourth-order valence-corrected chi connectivity index (χ4v) is 11.5. The molecule has 0 aromatic rings. The van der Waals surface area contributed by atoms with Gasteiger partial charge in [-0.1, -0.05) is 271 Å². The number of aliphatic hydroxyl groups is 1. The summed E-state index contributed by atoms with van der Waals surface area (Å²) in [5, 5.41) is 10.6. The van der Waals surface area contributed by atoms with Gasteiger partial charge in [-0.3, -0.25) is 37.3 Å². The summed E-state index contributed by atoms with van der Waals surface area (Å²) in [6, 6.07) is 0. The second-order valence-electron chi connectivity index (χ2n) is 25.2. The van der Waals surface area contributed by atoms with E-state index < -0.39 is 97.5 Å². The average molecular weight is 1290 g/mol. The first-order valence-electron chi connectivity index (χ1n) is 35.3. The zero-order valence-electron chi connectivity index (χ0n) is 56.5. The maximum Gasteiger partial charge on any atom is 0.472 e. The molecule has 0 fully saturated rings. The first-order valence-corrected chi connectivity index (χ1v) is 38.3. The summed E-state index contributed by atoms with van der Waals surface area (Å²) in [5.41, 5.74) is 0. The Hall–Kier alpha value is -2.46. The van der Waals surface area contributed by atoms with Gasteiger partial charge in [0.1, 0.15) is 19.3 Å². The summed E-state index contributed by atoms with van der Waals surface area (Å²) in [5.74, 6) is -0.686. The van der Waals surface area contributed by atoms with Gasteiger partial charge >= 0.3 is 39.5 Å². The van der Waals surface area contributed by atoms with E-state index in [4.69, 9.17) is 37.0 Å². The molecule has 0 spiro atoms. The summed E-state index contributed by atoms with van der Waals surface area (Å²) in [4.78, 5) is 72.4. The number of carbonyl (C=O) groups is 4. The van der Waals surface area contributed by atoms with Crippen LogP contribution in [0, 0.1) is 11.8 Å². The van der Waals surface area contributed by atoms with Crippen LogP contribution < -0.4 is 0 Å². The second kappa shape index (κ2) is 60.8. The number of carbonyl (C=O) groups excluding carboxylic acids is 4. The van der Waals surface area contributed by atoms with E-state index in [1.54, 1.807) is 0 Å². The van der Waals surface area contributed by atoms with Crippen molar-refractivity contribution in [2.75, 3.05) is 39.6 Å². The third kappa shape index (κ3) is 62.4. The minimum Gasteiger partial charge on any atom is -0.462 e. The Labute approximate surface area is 535 Å². The van der Waals surface area contributed by atoms with Crippen molar-refractivity contribution in [3.8, 4) is 0 Å². The van der Waals surface area contributed by atoms with Gasteiger partial charge in [-0.25, -0.2) is 9.13 Å². The number of rotatable bonds is 66. The van der Waals surface area contributed by atoms with Crippen molar-refractivity contribution in [2.24, 2.45) is 11.8 Å². The summed E-state index contributed by atoms with van der Waals surface area (Å²) < 4.78 is 68.1. The lowest BCUT2D eigenvalue weighted by Crippen LogP contribution is -2.30. The van der Waals surface area contributed by atoms with Gasteiger partial charge in [0.15, 0.2) is 12.2 Å². The zero-order chi connectivity index (χ0) is 65.0. The maximum absolute atomic E-state index is 13.0. The number of phosphoric ester groups is 2. The second-order valence-corrected chi connectivity index (χ2v) is 28.1. The van der Waals surface area contributed by atoms with Gasteiger partial charge in [-0.05, 0) is 63.2 Å². The van der Waals surface area contributed by atoms with E-state index in [0.29, 0.717) is 25.7 Å². The Morgan fingerprint density at radius 3 is 0.932 bits per heavy atom. The highest BCUT2D eigenvalue weighted by Gasteiger charge is 2.30. The van der Waals surface area contributed by atoms with Crippen molar-refractivity contribution in [1.29, 1.82) is 0 Å². The van der Waals surface area contributed by atoms with Crippen LogP contribution >= 0.6 is 15.6 Å². The minimum atomic E-state index is -4.96. The molecule has 3 N–H and O–H groups in total. The van der Waals surface area contributed by atoms with Gasteiger partial charge in [0.25, 0.3) is 0 Å². The third-order valence-corrected chi connectivity index (χ3v) is 17.2. The van der Waals surface area contributed by atoms with Crippen LogP contribution in [0.2, 0.25) is 0 Å². The summed E-state index contributed by atoms with van der Waals surface area (Å²) in [6.45, 7) is 9.40. The summed E-state index contributed by atoms with van der Waals surface area (Å²) >= 11 is 0. The molecule has 0 aliphatic carbocycles. The van der Waals surface area contributed by atoms with Gasteiger partial charge < -0.3 is 33.8 Å². The molecule has 2 unspecified atom stereocenters. The van der Waals surface area contributed by atoms with Crippen molar-refractivity contribution in [1.82, 2.24) is 0 Å². The molecule has 5 atom stereocenters. The first kappa shape index (κ1) is 85.5. The number of hydrogen-bond acceptors (Lipinski definition) is 15. The molecular formula is C69H130O17P2. The molecule has 0 amide bonds. The van der Waals surface area contributed by atoms with Gasteiger partial charge in [0.2, 0.25) is 0 Å². The third-order valence-electron chi connectivity index (χ3n) is 15.3. The highest BCUT2D eigenvalue weighted by molar-refractivity contribution is 7.47. The number of aliphatic hydroxyl groups excluding tert-OH is 1. The Kier molecular flexibility index (Phi) is 59.1. The largest absolute Gasteiger partial charge is 0.472 e. The zero-order valence-corrected chi connectivity index (χ0v) is 58.3. The Balaban J connectivity index is 5.28. The molecule has 0 radical (unpaired) electrons. The normalized spacial score (nSPS) is 14.4. The smallest absolute Gasteiger partial charge is 0.462 e. The van der Waals surface area contributed by atoms with Gasteiger partial charge in [-0.15, -0.1) is 0 Å². The van der Waals surface area contributed by atoms with Crippen LogP contribution in [0.1, 0.15) is 324 Å². The number of allylic oxidation sites excluding steroid dienone is 4. The van der Waals surface area contributed by atoms with Gasteiger partial charge in [0.05, 0.1) is 26.4 Å². The number of esters is 4. The molecule has 0 rings (SSSR count). The van der Waals surface area contributed by atoms with Crippen LogP contribution in [0.5, 0.6) is 0 Å². The van der Waals surface area contributed by atoms with Crippen LogP contribution in [0.4, 0.5) is 0 Å². The van der Waals surface area contributed by atoms with E-state index in [0.717, 1.165) is 115 Å². The number of hydrogen-bond donors (Lipinski definition) is 3. The van der Waals surface area contributed by atoms with Crippen molar-refractivity contribution in [3.63, 3.8) is 0 Å². The van der Waals surface area contributed by atoms with Crippen molar-refractivity contribution in [2.45, 2.75) is 342 Å².